The maximum Gasteiger partial charge on any atom is 0.226 e. The summed E-state index contributed by atoms with van der Waals surface area (Å²) in [6, 6.07) is 15.4. The van der Waals surface area contributed by atoms with E-state index in [0.717, 1.165) is 22.6 Å². The molecule has 0 aliphatic rings. The van der Waals surface area contributed by atoms with E-state index < -0.39 is 0 Å². The Balaban J connectivity index is 1.82. The first-order valence-electron chi connectivity index (χ1n) is 8.77. The minimum absolute atomic E-state index is 0.00716. The lowest BCUT2D eigenvalue weighted by Gasteiger charge is -2.16. The summed E-state index contributed by atoms with van der Waals surface area (Å²) in [6.07, 6.45) is 3.18. The lowest BCUT2D eigenvalue weighted by Crippen LogP contribution is -2.06. The van der Waals surface area contributed by atoms with Gasteiger partial charge in [-0.05, 0) is 43.7 Å². The van der Waals surface area contributed by atoms with Gasteiger partial charge in [-0.2, -0.15) is 0 Å². The van der Waals surface area contributed by atoms with E-state index in [1.807, 2.05) is 68.5 Å². The van der Waals surface area contributed by atoms with Gasteiger partial charge in [-0.3, -0.25) is 0 Å². The number of oxazole rings is 1. The van der Waals surface area contributed by atoms with Gasteiger partial charge in [0.25, 0.3) is 0 Å². The number of aryl methyl sites for hydroxylation is 1. The quantitative estimate of drug-likeness (QED) is 0.651. The van der Waals surface area contributed by atoms with Crippen LogP contribution in [-0.2, 0) is 0 Å². The van der Waals surface area contributed by atoms with Gasteiger partial charge in [-0.15, -0.1) is 0 Å². The van der Waals surface area contributed by atoms with E-state index in [2.05, 4.69) is 4.98 Å². The van der Waals surface area contributed by atoms with Gasteiger partial charge in [0, 0.05) is 5.56 Å². The smallest absolute Gasteiger partial charge is 0.226 e. The highest BCUT2D eigenvalue weighted by atomic mass is 16.5. The highest BCUT2D eigenvalue weighted by Crippen LogP contribution is 2.34. The fourth-order valence-electron chi connectivity index (χ4n) is 2.81. The molecule has 0 bridgehead atoms. The van der Waals surface area contributed by atoms with E-state index in [0.29, 0.717) is 17.4 Å². The Morgan fingerprint density at radius 1 is 1.15 bits per heavy atom. The summed E-state index contributed by atoms with van der Waals surface area (Å²) in [7, 11) is 1.60. The van der Waals surface area contributed by atoms with Gasteiger partial charge in [0.2, 0.25) is 5.89 Å². The third kappa shape index (κ3) is 4.38. The molecule has 0 spiro atoms. The highest BCUT2D eigenvalue weighted by Gasteiger charge is 2.20. The van der Waals surface area contributed by atoms with Crippen LogP contribution in [0.3, 0.4) is 0 Å². The van der Waals surface area contributed by atoms with Gasteiger partial charge in [0.15, 0.2) is 11.5 Å². The van der Waals surface area contributed by atoms with Crippen molar-refractivity contribution in [1.82, 2.24) is 4.98 Å². The number of hydrogen-bond donors (Lipinski definition) is 1. The first kappa shape index (κ1) is 18.7. The minimum atomic E-state index is -0.307. The lowest BCUT2D eigenvalue weighted by molar-refractivity contribution is 0.210. The van der Waals surface area contributed by atoms with Crippen molar-refractivity contribution < 1.29 is 19.0 Å². The summed E-state index contributed by atoms with van der Waals surface area (Å²) in [6.45, 7) is 3.81. The molecule has 0 fully saturated rings. The molecular formula is C22H23NO4. The topological polar surface area (TPSA) is 64.7 Å². The monoisotopic (exact) mass is 365 g/mol. The molecule has 0 radical (unpaired) electrons. The molecule has 140 valence electrons. The number of aliphatic hydroxyl groups excluding tert-OH is 1. The molecule has 1 N–H and O–H groups in total. The van der Waals surface area contributed by atoms with Crippen molar-refractivity contribution in [3.8, 4) is 23.0 Å². The largest absolute Gasteiger partial charge is 0.493 e. The normalized spacial score (nSPS) is 12.3. The van der Waals surface area contributed by atoms with Crippen molar-refractivity contribution in [2.24, 2.45) is 0 Å². The number of nitrogens with zero attached hydrogens (tertiary/aromatic N) is 1. The number of ether oxygens (including phenoxy) is 2. The Morgan fingerprint density at radius 2 is 1.93 bits per heavy atom. The van der Waals surface area contributed by atoms with E-state index in [1.165, 1.54) is 0 Å². The van der Waals surface area contributed by atoms with E-state index >= 15 is 0 Å². The first-order valence-corrected chi connectivity index (χ1v) is 8.77. The van der Waals surface area contributed by atoms with Crippen molar-refractivity contribution in [2.45, 2.75) is 20.0 Å². The highest BCUT2D eigenvalue weighted by molar-refractivity contribution is 5.56. The maximum atomic E-state index is 8.91. The van der Waals surface area contributed by atoms with Crippen molar-refractivity contribution in [1.29, 1.82) is 0 Å². The Labute approximate surface area is 158 Å². The first-order chi connectivity index (χ1) is 13.1. The third-order valence-electron chi connectivity index (χ3n) is 4.15. The molecule has 5 heteroatoms. The van der Waals surface area contributed by atoms with Crippen LogP contribution in [0.2, 0.25) is 0 Å². The molecule has 1 heterocycles. The van der Waals surface area contributed by atoms with Crippen LogP contribution in [0, 0.1) is 6.92 Å². The third-order valence-corrected chi connectivity index (χ3v) is 4.15. The van der Waals surface area contributed by atoms with Crippen molar-refractivity contribution in [3.63, 3.8) is 0 Å². The summed E-state index contributed by atoms with van der Waals surface area (Å²) in [5.41, 5.74) is 2.60. The predicted molar refractivity (Wildman–Crippen MR) is 105 cm³/mol. The van der Waals surface area contributed by atoms with Crippen molar-refractivity contribution in [3.05, 3.63) is 71.6 Å². The standard InChI is InChI=1S/C22H23NO4/c1-15(21-16(2)27-22(23-21)18-9-5-4-6-10-18)26-19-12-11-17(8-7-13-24)14-20(19)25-3/h4-12,14-15,24H,13H2,1-3H3/b8-7+. The predicted octanol–water partition coefficient (Wildman–Crippen LogP) is 4.80. The molecule has 2 aromatic carbocycles. The van der Waals surface area contributed by atoms with Crippen LogP contribution < -0.4 is 9.47 Å². The SMILES string of the molecule is COc1cc(/C=C/CO)ccc1OC(C)c1nc(-c2ccccc2)oc1C. The summed E-state index contributed by atoms with van der Waals surface area (Å²) in [5, 5.41) is 8.91. The zero-order valence-electron chi connectivity index (χ0n) is 15.7. The molecule has 1 aromatic heterocycles. The van der Waals surface area contributed by atoms with Crippen LogP contribution >= 0.6 is 0 Å². The second-order valence-electron chi connectivity index (χ2n) is 6.08. The maximum absolute atomic E-state index is 8.91. The zero-order chi connectivity index (χ0) is 19.2. The molecule has 0 saturated carbocycles. The number of aliphatic hydroxyl groups is 1. The molecular weight excluding hydrogens is 342 g/mol. The molecule has 1 atom stereocenters. The van der Waals surface area contributed by atoms with Crippen molar-refractivity contribution in [2.75, 3.05) is 13.7 Å². The second-order valence-corrected chi connectivity index (χ2v) is 6.08. The minimum Gasteiger partial charge on any atom is -0.493 e. The van der Waals surface area contributed by atoms with Gasteiger partial charge in [-0.25, -0.2) is 4.98 Å². The van der Waals surface area contributed by atoms with Crippen LogP contribution in [-0.4, -0.2) is 23.8 Å². The second kappa shape index (κ2) is 8.56. The number of hydrogen-bond acceptors (Lipinski definition) is 5. The summed E-state index contributed by atoms with van der Waals surface area (Å²) in [4.78, 5) is 4.62. The van der Waals surface area contributed by atoms with Crippen LogP contribution in [0.4, 0.5) is 0 Å². The molecule has 3 rings (SSSR count). The molecule has 5 nitrogen and oxygen atoms in total. The average molecular weight is 365 g/mol. The molecule has 3 aromatic rings. The number of aromatic nitrogens is 1. The average Bonchev–Trinajstić information content (AvgIpc) is 3.09. The number of benzene rings is 2. The Kier molecular flexibility index (Phi) is 5.94. The van der Waals surface area contributed by atoms with Crippen LogP contribution in [0.25, 0.3) is 17.5 Å². The van der Waals surface area contributed by atoms with Crippen LogP contribution in [0.5, 0.6) is 11.5 Å². The molecule has 0 amide bonds. The molecule has 27 heavy (non-hydrogen) atoms. The molecule has 0 aliphatic carbocycles. The Hall–Kier alpha value is -3.05. The zero-order valence-corrected chi connectivity index (χ0v) is 15.7. The fourth-order valence-corrected chi connectivity index (χ4v) is 2.81. The van der Waals surface area contributed by atoms with Gasteiger partial charge in [0.05, 0.1) is 13.7 Å². The molecule has 1 unspecified atom stereocenters. The van der Waals surface area contributed by atoms with Crippen LogP contribution in [0.1, 0.15) is 30.0 Å². The van der Waals surface area contributed by atoms with Gasteiger partial charge < -0.3 is 19.0 Å². The summed E-state index contributed by atoms with van der Waals surface area (Å²) >= 11 is 0. The summed E-state index contributed by atoms with van der Waals surface area (Å²) in [5.74, 6) is 2.54. The van der Waals surface area contributed by atoms with E-state index in [1.54, 1.807) is 13.2 Å². The fraction of sp³-hybridized carbons (Fsp3) is 0.227. The summed E-state index contributed by atoms with van der Waals surface area (Å²) < 4.78 is 17.4. The molecule has 0 aliphatic heterocycles. The van der Waals surface area contributed by atoms with Crippen molar-refractivity contribution >= 4 is 6.08 Å². The number of rotatable bonds is 7. The number of methoxy groups -OCH3 is 1. The van der Waals surface area contributed by atoms with Gasteiger partial charge in [-0.1, -0.05) is 36.4 Å². The van der Waals surface area contributed by atoms with E-state index in [9.17, 15) is 0 Å². The Bertz CT molecular complexity index is 915. The van der Waals surface area contributed by atoms with Gasteiger partial charge >= 0.3 is 0 Å². The van der Waals surface area contributed by atoms with E-state index in [-0.39, 0.29) is 12.7 Å². The van der Waals surface area contributed by atoms with Crippen LogP contribution in [0.15, 0.2) is 59.0 Å². The van der Waals surface area contributed by atoms with E-state index in [4.69, 9.17) is 19.0 Å². The van der Waals surface area contributed by atoms with Gasteiger partial charge in [0.1, 0.15) is 17.6 Å². The molecule has 0 saturated heterocycles. The Morgan fingerprint density at radius 3 is 2.63 bits per heavy atom. The lowest BCUT2D eigenvalue weighted by atomic mass is 10.2.